The third-order valence-corrected chi connectivity index (χ3v) is 5.84. The number of nitriles is 1. The fraction of sp³-hybridized carbons (Fsp3) is 0.148. The number of fused-ring (bicyclic) bond motifs is 1. The summed E-state index contributed by atoms with van der Waals surface area (Å²) in [6.45, 7) is 3.01. The Morgan fingerprint density at radius 2 is 1.82 bits per heavy atom. The molecule has 0 fully saturated rings. The summed E-state index contributed by atoms with van der Waals surface area (Å²) in [5.41, 5.74) is 2.57. The number of anilines is 3. The molecule has 1 atom stereocenters. The smallest absolute Gasteiger partial charge is 0.337 e. The van der Waals surface area contributed by atoms with Crippen molar-refractivity contribution in [2.45, 2.75) is 20.1 Å². The minimum absolute atomic E-state index is 0.00740. The number of carbonyl (C=O) groups is 3. The molecule has 0 spiro atoms. The summed E-state index contributed by atoms with van der Waals surface area (Å²) < 4.78 is 5.40. The van der Waals surface area contributed by atoms with Gasteiger partial charge in [0.05, 0.1) is 34.0 Å². The van der Waals surface area contributed by atoms with E-state index in [1.165, 1.54) is 24.0 Å². The van der Waals surface area contributed by atoms with Gasteiger partial charge in [-0.25, -0.2) is 4.79 Å². The van der Waals surface area contributed by atoms with E-state index in [1.54, 1.807) is 50.4 Å². The van der Waals surface area contributed by atoms with Crippen LogP contribution in [0, 0.1) is 11.3 Å². The van der Waals surface area contributed by atoms with Crippen molar-refractivity contribution in [3.63, 3.8) is 0 Å². The highest BCUT2D eigenvalue weighted by atomic mass is 16.5. The van der Waals surface area contributed by atoms with Crippen LogP contribution in [0.1, 0.15) is 40.3 Å². The summed E-state index contributed by atoms with van der Waals surface area (Å²) in [7, 11) is 1.61. The summed E-state index contributed by atoms with van der Waals surface area (Å²) in [5, 5.41) is 37.8. The average molecular weight is 514 g/mol. The lowest BCUT2D eigenvalue weighted by atomic mass is 9.99. The van der Waals surface area contributed by atoms with Gasteiger partial charge in [0.1, 0.15) is 6.23 Å². The van der Waals surface area contributed by atoms with Crippen LogP contribution >= 0.6 is 0 Å². The van der Waals surface area contributed by atoms with Crippen LogP contribution in [0.5, 0.6) is 0 Å². The number of hydrogen-bond acceptors (Lipinski definition) is 8. The van der Waals surface area contributed by atoms with Crippen LogP contribution in [0.3, 0.4) is 0 Å². The molecule has 1 unspecified atom stereocenters. The highest BCUT2D eigenvalue weighted by molar-refractivity contribution is 6.14. The molecule has 4 N–H and O–H groups in total. The van der Waals surface area contributed by atoms with Gasteiger partial charge < -0.3 is 30.3 Å². The van der Waals surface area contributed by atoms with Crippen molar-refractivity contribution >= 4 is 45.8 Å². The van der Waals surface area contributed by atoms with Crippen molar-refractivity contribution in [1.29, 1.82) is 5.26 Å². The van der Waals surface area contributed by atoms with E-state index in [9.17, 15) is 24.6 Å². The zero-order chi connectivity index (χ0) is 27.6. The third kappa shape index (κ3) is 5.16. The molecule has 0 saturated carbocycles. The number of amides is 2. The van der Waals surface area contributed by atoms with Crippen molar-refractivity contribution in [2.75, 3.05) is 22.6 Å². The average Bonchev–Trinajstić information content (AvgIpc) is 3.30. The fourth-order valence-electron chi connectivity index (χ4n) is 3.88. The number of carboxylic acids is 1. The number of aliphatic hydroxyl groups excluding tert-OH is 1. The number of aliphatic hydroxyl groups is 1. The number of aromatic nitrogens is 1. The Kier molecular flexibility index (Phi) is 7.09. The zero-order valence-electron chi connectivity index (χ0n) is 20.6. The number of nitrogens with one attached hydrogen (secondary N) is 2. The van der Waals surface area contributed by atoms with E-state index >= 15 is 0 Å². The molecule has 0 saturated heterocycles. The highest BCUT2D eigenvalue weighted by Crippen LogP contribution is 2.36. The van der Waals surface area contributed by atoms with Gasteiger partial charge in [-0.15, -0.1) is 0 Å². The molecular formula is C27H23N5O6. The molecule has 4 aromatic rings. The van der Waals surface area contributed by atoms with E-state index in [2.05, 4.69) is 15.8 Å². The Bertz CT molecular complexity index is 1600. The standard InChI is InChI=1S/C27H23N5O6/c1-14(33)29-18-7-5-17(6-8-18)19-11-21-24(12-23(19)32(3)15(2)34)38-31-25(21)26(35)30-22-9-4-16(13-28)10-20(22)27(36)37/h4-12,14,29,33H,1-3H3,(H,30,35)(H,36,37). The largest absolute Gasteiger partial charge is 0.478 e. The van der Waals surface area contributed by atoms with E-state index in [0.717, 1.165) is 11.6 Å². The first kappa shape index (κ1) is 25.9. The molecule has 38 heavy (non-hydrogen) atoms. The Morgan fingerprint density at radius 1 is 1.11 bits per heavy atom. The summed E-state index contributed by atoms with van der Waals surface area (Å²) >= 11 is 0. The Morgan fingerprint density at radius 3 is 2.42 bits per heavy atom. The van der Waals surface area contributed by atoms with Crippen LogP contribution in [-0.2, 0) is 4.79 Å². The van der Waals surface area contributed by atoms with E-state index in [-0.39, 0.29) is 34.0 Å². The Labute approximate surface area is 216 Å². The molecule has 0 radical (unpaired) electrons. The molecule has 4 rings (SSSR count). The number of carbonyl (C=O) groups excluding carboxylic acids is 2. The number of carboxylic acid groups (broad SMARTS) is 1. The lowest BCUT2D eigenvalue weighted by molar-refractivity contribution is -0.116. The van der Waals surface area contributed by atoms with Crippen LogP contribution in [-0.4, -0.2) is 46.4 Å². The molecule has 192 valence electrons. The van der Waals surface area contributed by atoms with Gasteiger partial charge in [0, 0.05) is 31.3 Å². The van der Waals surface area contributed by atoms with Crippen LogP contribution < -0.4 is 15.5 Å². The number of aromatic carboxylic acids is 1. The SMILES string of the molecule is CC(=O)N(C)c1cc2onc(C(=O)Nc3ccc(C#N)cc3C(=O)O)c2cc1-c1ccc(NC(C)O)cc1. The molecule has 1 aromatic heterocycles. The summed E-state index contributed by atoms with van der Waals surface area (Å²) in [6.07, 6.45) is -0.743. The minimum atomic E-state index is -1.31. The van der Waals surface area contributed by atoms with Crippen molar-refractivity contribution in [3.05, 3.63) is 71.4 Å². The number of rotatable bonds is 7. The first-order valence-corrected chi connectivity index (χ1v) is 11.4. The number of hydrogen-bond donors (Lipinski definition) is 4. The van der Waals surface area contributed by atoms with Gasteiger partial charge in [-0.05, 0) is 48.9 Å². The van der Waals surface area contributed by atoms with Gasteiger partial charge in [0.2, 0.25) is 5.91 Å². The zero-order valence-corrected chi connectivity index (χ0v) is 20.6. The summed E-state index contributed by atoms with van der Waals surface area (Å²) in [5.74, 6) is -2.25. The molecule has 0 aliphatic rings. The second kappa shape index (κ2) is 10.4. The summed E-state index contributed by atoms with van der Waals surface area (Å²) in [6, 6.07) is 16.1. The lowest BCUT2D eigenvalue weighted by Crippen LogP contribution is -2.23. The number of nitrogens with zero attached hydrogens (tertiary/aromatic N) is 3. The first-order chi connectivity index (χ1) is 18.1. The van der Waals surface area contributed by atoms with Crippen LogP contribution in [0.15, 0.2) is 59.1 Å². The van der Waals surface area contributed by atoms with Crippen LogP contribution in [0.2, 0.25) is 0 Å². The van der Waals surface area contributed by atoms with Crippen LogP contribution in [0.4, 0.5) is 17.1 Å². The normalized spacial score (nSPS) is 11.4. The van der Waals surface area contributed by atoms with E-state index in [4.69, 9.17) is 9.78 Å². The Hall–Kier alpha value is -5.21. The first-order valence-electron chi connectivity index (χ1n) is 11.4. The van der Waals surface area contributed by atoms with Gasteiger partial charge in [-0.1, -0.05) is 17.3 Å². The van der Waals surface area contributed by atoms with Gasteiger partial charge in [0.25, 0.3) is 5.91 Å². The van der Waals surface area contributed by atoms with Crippen molar-refractivity contribution in [2.24, 2.45) is 0 Å². The highest BCUT2D eigenvalue weighted by Gasteiger charge is 2.23. The van der Waals surface area contributed by atoms with E-state index in [1.807, 2.05) is 6.07 Å². The molecule has 0 bridgehead atoms. The molecule has 0 aliphatic carbocycles. The maximum Gasteiger partial charge on any atom is 0.337 e. The molecule has 11 heteroatoms. The topological polar surface area (TPSA) is 169 Å². The second-order valence-corrected chi connectivity index (χ2v) is 8.50. The summed E-state index contributed by atoms with van der Waals surface area (Å²) in [4.78, 5) is 38.5. The molecule has 3 aromatic carbocycles. The van der Waals surface area contributed by atoms with Crippen molar-refractivity contribution in [3.8, 4) is 17.2 Å². The third-order valence-electron chi connectivity index (χ3n) is 5.84. The predicted octanol–water partition coefficient (Wildman–Crippen LogP) is 4.05. The maximum atomic E-state index is 13.2. The molecule has 2 amide bonds. The second-order valence-electron chi connectivity index (χ2n) is 8.50. The maximum absolute atomic E-state index is 13.2. The fourth-order valence-corrected chi connectivity index (χ4v) is 3.88. The van der Waals surface area contributed by atoms with E-state index < -0.39 is 18.1 Å². The Balaban J connectivity index is 1.79. The molecule has 1 heterocycles. The number of benzene rings is 3. The van der Waals surface area contributed by atoms with Gasteiger partial charge in [-0.2, -0.15) is 5.26 Å². The van der Waals surface area contributed by atoms with Gasteiger partial charge in [0.15, 0.2) is 11.3 Å². The van der Waals surface area contributed by atoms with E-state index in [0.29, 0.717) is 22.3 Å². The van der Waals surface area contributed by atoms with Crippen molar-refractivity contribution < 1.29 is 29.1 Å². The monoisotopic (exact) mass is 513 g/mol. The molecule has 0 aliphatic heterocycles. The van der Waals surface area contributed by atoms with Crippen molar-refractivity contribution in [1.82, 2.24) is 5.16 Å². The van der Waals surface area contributed by atoms with Gasteiger partial charge >= 0.3 is 5.97 Å². The van der Waals surface area contributed by atoms with Crippen LogP contribution in [0.25, 0.3) is 22.1 Å². The minimum Gasteiger partial charge on any atom is -0.478 e. The lowest BCUT2D eigenvalue weighted by Gasteiger charge is -2.20. The molecular weight excluding hydrogens is 490 g/mol. The van der Waals surface area contributed by atoms with Gasteiger partial charge in [-0.3, -0.25) is 9.59 Å². The molecule has 11 nitrogen and oxygen atoms in total. The predicted molar refractivity (Wildman–Crippen MR) is 140 cm³/mol. The quantitative estimate of drug-likeness (QED) is 0.266.